The van der Waals surface area contributed by atoms with Crippen LogP contribution in [0.2, 0.25) is 0 Å². The SMILES string of the molecule is CC#CC(C)C(C)c1ccc(CCCC)cc1. The van der Waals surface area contributed by atoms with Crippen molar-refractivity contribution in [1.29, 1.82) is 0 Å². The summed E-state index contributed by atoms with van der Waals surface area (Å²) in [6.45, 7) is 8.61. The summed E-state index contributed by atoms with van der Waals surface area (Å²) < 4.78 is 0. The van der Waals surface area contributed by atoms with E-state index >= 15 is 0 Å². The zero-order valence-electron chi connectivity index (χ0n) is 11.6. The highest BCUT2D eigenvalue weighted by Gasteiger charge is 2.11. The number of aryl methyl sites for hydroxylation is 1. The van der Waals surface area contributed by atoms with Gasteiger partial charge in [0.25, 0.3) is 0 Å². The first-order chi connectivity index (χ1) is 8.19. The minimum atomic E-state index is 0.432. The Morgan fingerprint density at radius 1 is 1.12 bits per heavy atom. The van der Waals surface area contributed by atoms with Crippen LogP contribution < -0.4 is 0 Å². The van der Waals surface area contributed by atoms with Crippen molar-refractivity contribution in [1.82, 2.24) is 0 Å². The predicted octanol–water partition coefficient (Wildman–Crippen LogP) is 4.79. The van der Waals surface area contributed by atoms with E-state index in [9.17, 15) is 0 Å². The molecule has 0 N–H and O–H groups in total. The lowest BCUT2D eigenvalue weighted by atomic mass is 9.88. The Kier molecular flexibility index (Phi) is 5.84. The quantitative estimate of drug-likeness (QED) is 0.635. The van der Waals surface area contributed by atoms with Crippen LogP contribution in [0.15, 0.2) is 24.3 Å². The Labute approximate surface area is 106 Å². The van der Waals surface area contributed by atoms with Crippen molar-refractivity contribution >= 4 is 0 Å². The summed E-state index contributed by atoms with van der Waals surface area (Å²) in [5.74, 6) is 7.20. The second kappa shape index (κ2) is 7.17. The summed E-state index contributed by atoms with van der Waals surface area (Å²) in [5, 5.41) is 0. The van der Waals surface area contributed by atoms with Crippen LogP contribution in [0.25, 0.3) is 0 Å². The fourth-order valence-electron chi connectivity index (χ4n) is 2.01. The van der Waals surface area contributed by atoms with Crippen LogP contribution in [0, 0.1) is 17.8 Å². The molecule has 92 valence electrons. The molecule has 17 heavy (non-hydrogen) atoms. The highest BCUT2D eigenvalue weighted by molar-refractivity contribution is 5.27. The van der Waals surface area contributed by atoms with Gasteiger partial charge in [0.15, 0.2) is 0 Å². The minimum absolute atomic E-state index is 0.432. The average Bonchev–Trinajstić information content (AvgIpc) is 2.36. The topological polar surface area (TPSA) is 0 Å². The van der Waals surface area contributed by atoms with Crippen LogP contribution in [-0.2, 0) is 6.42 Å². The van der Waals surface area contributed by atoms with E-state index in [2.05, 4.69) is 56.9 Å². The normalized spacial score (nSPS) is 13.6. The van der Waals surface area contributed by atoms with Gasteiger partial charge in [-0.3, -0.25) is 0 Å². The average molecular weight is 228 g/mol. The van der Waals surface area contributed by atoms with Crippen molar-refractivity contribution in [2.45, 2.75) is 52.9 Å². The van der Waals surface area contributed by atoms with E-state index in [1.165, 1.54) is 30.4 Å². The molecule has 0 radical (unpaired) electrons. The second-order valence-electron chi connectivity index (χ2n) is 4.82. The summed E-state index contributed by atoms with van der Waals surface area (Å²) in [6.07, 6.45) is 3.75. The summed E-state index contributed by atoms with van der Waals surface area (Å²) in [6, 6.07) is 9.08. The molecule has 0 saturated heterocycles. The third kappa shape index (κ3) is 4.27. The van der Waals surface area contributed by atoms with Gasteiger partial charge in [-0.15, -0.1) is 5.92 Å². The highest BCUT2D eigenvalue weighted by Crippen LogP contribution is 2.24. The van der Waals surface area contributed by atoms with Crippen LogP contribution in [-0.4, -0.2) is 0 Å². The molecule has 2 unspecified atom stereocenters. The van der Waals surface area contributed by atoms with Crippen LogP contribution >= 0.6 is 0 Å². The summed E-state index contributed by atoms with van der Waals surface area (Å²) in [4.78, 5) is 0. The molecule has 2 atom stereocenters. The fourth-order valence-corrected chi connectivity index (χ4v) is 2.01. The zero-order chi connectivity index (χ0) is 12.7. The van der Waals surface area contributed by atoms with E-state index in [-0.39, 0.29) is 0 Å². The molecule has 0 heterocycles. The predicted molar refractivity (Wildman–Crippen MR) is 76.1 cm³/mol. The molecular weight excluding hydrogens is 204 g/mol. The second-order valence-corrected chi connectivity index (χ2v) is 4.82. The fraction of sp³-hybridized carbons (Fsp3) is 0.529. The molecule has 0 aliphatic carbocycles. The van der Waals surface area contributed by atoms with Gasteiger partial charge < -0.3 is 0 Å². The molecule has 0 heteroatoms. The molecule has 0 aromatic heterocycles. The maximum Gasteiger partial charge on any atom is 0.0240 e. The Hall–Kier alpha value is -1.22. The molecule has 1 aromatic carbocycles. The van der Waals surface area contributed by atoms with Crippen LogP contribution in [0.1, 0.15) is 57.6 Å². The first-order valence-electron chi connectivity index (χ1n) is 6.70. The van der Waals surface area contributed by atoms with E-state index in [0.717, 1.165) is 0 Å². The number of hydrogen-bond donors (Lipinski definition) is 0. The summed E-state index contributed by atoms with van der Waals surface area (Å²) in [7, 11) is 0. The maximum absolute atomic E-state index is 3.24. The first kappa shape index (κ1) is 13.8. The molecule has 0 bridgehead atoms. The summed E-state index contributed by atoms with van der Waals surface area (Å²) in [5.41, 5.74) is 2.86. The van der Waals surface area contributed by atoms with Gasteiger partial charge in [0.05, 0.1) is 0 Å². The molecule has 1 rings (SSSR count). The van der Waals surface area contributed by atoms with Gasteiger partial charge in [-0.25, -0.2) is 0 Å². The van der Waals surface area contributed by atoms with Gasteiger partial charge in [-0.2, -0.15) is 0 Å². The number of rotatable bonds is 5. The summed E-state index contributed by atoms with van der Waals surface area (Å²) >= 11 is 0. The van der Waals surface area contributed by atoms with Gasteiger partial charge in [0.2, 0.25) is 0 Å². The Morgan fingerprint density at radius 3 is 2.29 bits per heavy atom. The van der Waals surface area contributed by atoms with Crippen molar-refractivity contribution in [3.05, 3.63) is 35.4 Å². The number of unbranched alkanes of at least 4 members (excludes halogenated alkanes) is 1. The monoisotopic (exact) mass is 228 g/mol. The maximum atomic E-state index is 3.24. The van der Waals surface area contributed by atoms with Gasteiger partial charge >= 0.3 is 0 Å². The lowest BCUT2D eigenvalue weighted by Gasteiger charge is -2.15. The van der Waals surface area contributed by atoms with Crippen LogP contribution in [0.4, 0.5) is 0 Å². The molecule has 0 nitrogen and oxygen atoms in total. The van der Waals surface area contributed by atoms with E-state index in [0.29, 0.717) is 11.8 Å². The molecular formula is C17H24. The molecule has 1 aromatic rings. The molecule has 0 fully saturated rings. The lowest BCUT2D eigenvalue weighted by Crippen LogP contribution is -2.04. The third-order valence-electron chi connectivity index (χ3n) is 3.45. The standard InChI is InChI=1S/C17H24/c1-5-7-9-16-10-12-17(13-11-16)15(4)14(3)8-6-2/h10-15H,5,7,9H2,1-4H3. The van der Waals surface area contributed by atoms with E-state index in [4.69, 9.17) is 0 Å². The number of hydrogen-bond acceptors (Lipinski definition) is 0. The van der Waals surface area contributed by atoms with Crippen LogP contribution in [0.3, 0.4) is 0 Å². The van der Waals surface area contributed by atoms with Crippen molar-refractivity contribution in [2.75, 3.05) is 0 Å². The Bertz CT molecular complexity index is 375. The lowest BCUT2D eigenvalue weighted by molar-refractivity contribution is 0.609. The smallest absolute Gasteiger partial charge is 0.0240 e. The van der Waals surface area contributed by atoms with Crippen LogP contribution in [0.5, 0.6) is 0 Å². The number of benzene rings is 1. The molecule has 0 aliphatic heterocycles. The first-order valence-corrected chi connectivity index (χ1v) is 6.70. The van der Waals surface area contributed by atoms with Crippen molar-refractivity contribution < 1.29 is 0 Å². The van der Waals surface area contributed by atoms with E-state index < -0.39 is 0 Å². The molecule has 0 aliphatic rings. The van der Waals surface area contributed by atoms with Gasteiger partial charge in [-0.1, -0.05) is 57.4 Å². The van der Waals surface area contributed by atoms with Gasteiger partial charge in [0, 0.05) is 5.92 Å². The molecule has 0 spiro atoms. The molecule has 0 saturated carbocycles. The highest BCUT2D eigenvalue weighted by atomic mass is 14.1. The van der Waals surface area contributed by atoms with Gasteiger partial charge in [-0.05, 0) is 36.8 Å². The third-order valence-corrected chi connectivity index (χ3v) is 3.45. The Morgan fingerprint density at radius 2 is 1.76 bits per heavy atom. The van der Waals surface area contributed by atoms with E-state index in [1.54, 1.807) is 0 Å². The zero-order valence-corrected chi connectivity index (χ0v) is 11.6. The largest absolute Gasteiger partial charge is 0.106 e. The molecule has 0 amide bonds. The van der Waals surface area contributed by atoms with Crippen molar-refractivity contribution in [3.8, 4) is 11.8 Å². The van der Waals surface area contributed by atoms with Crippen molar-refractivity contribution in [2.24, 2.45) is 5.92 Å². The van der Waals surface area contributed by atoms with Crippen molar-refractivity contribution in [3.63, 3.8) is 0 Å². The van der Waals surface area contributed by atoms with Gasteiger partial charge in [0.1, 0.15) is 0 Å². The van der Waals surface area contributed by atoms with E-state index in [1.807, 2.05) is 6.92 Å². The minimum Gasteiger partial charge on any atom is -0.106 e. The Balaban J connectivity index is 2.68.